The number of thioether (sulfide) groups is 1. The van der Waals surface area contributed by atoms with Crippen LogP contribution in [0.1, 0.15) is 18.9 Å². The Morgan fingerprint density at radius 3 is 2.52 bits per heavy atom. The number of hydrogen-bond donors (Lipinski definition) is 1. The van der Waals surface area contributed by atoms with E-state index in [0.29, 0.717) is 5.16 Å². The summed E-state index contributed by atoms with van der Waals surface area (Å²) in [7, 11) is 0. The lowest BCUT2D eigenvalue weighted by Gasteiger charge is -2.13. The molecule has 1 N–H and O–H groups in total. The Morgan fingerprint density at radius 1 is 1.07 bits per heavy atom. The van der Waals surface area contributed by atoms with Gasteiger partial charge in [0, 0.05) is 11.6 Å². The van der Waals surface area contributed by atoms with Crippen LogP contribution in [0.15, 0.2) is 72.0 Å². The normalized spacial score (nSPS) is 11.7. The quantitative estimate of drug-likeness (QED) is 0.605. The third-order valence-corrected chi connectivity index (χ3v) is 4.90. The van der Waals surface area contributed by atoms with Gasteiger partial charge in [-0.05, 0) is 25.3 Å². The molecule has 6 heteroatoms. The highest BCUT2D eigenvalue weighted by molar-refractivity contribution is 7.99. The van der Waals surface area contributed by atoms with Crippen LogP contribution in [0, 0.1) is 0 Å². The molecule has 1 amide bonds. The fourth-order valence-electron chi connectivity index (χ4n) is 2.64. The highest BCUT2D eigenvalue weighted by Gasteiger charge is 2.10. The van der Waals surface area contributed by atoms with Gasteiger partial charge < -0.3 is 5.32 Å². The maximum absolute atomic E-state index is 12.2. The summed E-state index contributed by atoms with van der Waals surface area (Å²) in [6, 6.07) is 20.2. The van der Waals surface area contributed by atoms with Gasteiger partial charge in [-0.2, -0.15) is 5.10 Å². The number of amides is 1. The Kier molecular flexibility index (Phi) is 6.93. The fourth-order valence-corrected chi connectivity index (χ4v) is 3.25. The second-order valence-electron chi connectivity index (χ2n) is 6.27. The van der Waals surface area contributed by atoms with Crippen molar-refractivity contribution in [2.45, 2.75) is 31.0 Å². The summed E-state index contributed by atoms with van der Waals surface area (Å²) in [4.78, 5) is 16.7. The van der Waals surface area contributed by atoms with Crippen LogP contribution in [0.25, 0.3) is 11.3 Å². The molecule has 2 aromatic carbocycles. The summed E-state index contributed by atoms with van der Waals surface area (Å²) >= 11 is 1.30. The van der Waals surface area contributed by atoms with Crippen LogP contribution in [0.3, 0.4) is 0 Å². The molecule has 0 saturated heterocycles. The molecule has 0 unspecified atom stereocenters. The molecule has 27 heavy (non-hydrogen) atoms. The smallest absolute Gasteiger partial charge is 0.230 e. The summed E-state index contributed by atoms with van der Waals surface area (Å²) in [6.45, 7) is 2.03. The van der Waals surface area contributed by atoms with Gasteiger partial charge in [-0.15, -0.1) is 5.10 Å². The lowest BCUT2D eigenvalue weighted by atomic mass is 10.1. The average molecular weight is 379 g/mol. The molecule has 138 valence electrons. The van der Waals surface area contributed by atoms with Crippen molar-refractivity contribution in [3.8, 4) is 11.3 Å². The molecule has 0 aliphatic rings. The number of aryl methyl sites for hydroxylation is 1. The van der Waals surface area contributed by atoms with E-state index in [9.17, 15) is 4.79 Å². The summed E-state index contributed by atoms with van der Waals surface area (Å²) in [5, 5.41) is 11.5. The largest absolute Gasteiger partial charge is 0.353 e. The fraction of sp³-hybridized carbons (Fsp3) is 0.238. The summed E-state index contributed by atoms with van der Waals surface area (Å²) in [6.07, 6.45) is 3.48. The topological polar surface area (TPSA) is 67.8 Å². The van der Waals surface area contributed by atoms with E-state index < -0.39 is 0 Å². The van der Waals surface area contributed by atoms with E-state index in [1.54, 1.807) is 6.20 Å². The molecule has 3 aromatic rings. The van der Waals surface area contributed by atoms with Crippen LogP contribution in [0.5, 0.6) is 0 Å². The van der Waals surface area contributed by atoms with E-state index in [4.69, 9.17) is 0 Å². The first-order valence-electron chi connectivity index (χ1n) is 8.92. The minimum Gasteiger partial charge on any atom is -0.353 e. The van der Waals surface area contributed by atoms with Crippen LogP contribution in [0.2, 0.25) is 0 Å². The molecule has 0 saturated carbocycles. The Balaban J connectivity index is 1.46. The molecule has 1 heterocycles. The molecule has 3 rings (SSSR count). The van der Waals surface area contributed by atoms with Crippen LogP contribution in [-0.2, 0) is 11.2 Å². The molecule has 1 atom stereocenters. The Hall–Kier alpha value is -2.73. The number of hydrogen-bond acceptors (Lipinski definition) is 5. The second-order valence-corrected chi connectivity index (χ2v) is 7.21. The minimum absolute atomic E-state index is 0.0192. The lowest BCUT2D eigenvalue weighted by molar-refractivity contribution is -0.119. The predicted octanol–water partition coefficient (Wildman–Crippen LogP) is 3.77. The van der Waals surface area contributed by atoms with E-state index in [1.807, 2.05) is 55.5 Å². The van der Waals surface area contributed by atoms with Gasteiger partial charge in [-0.3, -0.25) is 4.79 Å². The zero-order chi connectivity index (χ0) is 18.9. The first-order valence-corrected chi connectivity index (χ1v) is 9.90. The van der Waals surface area contributed by atoms with Gasteiger partial charge in [0.1, 0.15) is 0 Å². The number of nitrogens with zero attached hydrogens (tertiary/aromatic N) is 3. The van der Waals surface area contributed by atoms with Crippen LogP contribution in [-0.4, -0.2) is 32.9 Å². The predicted molar refractivity (Wildman–Crippen MR) is 108 cm³/mol. The van der Waals surface area contributed by atoms with E-state index in [2.05, 4.69) is 32.6 Å². The second kappa shape index (κ2) is 9.83. The molecule has 0 aliphatic carbocycles. The zero-order valence-electron chi connectivity index (χ0n) is 15.2. The lowest BCUT2D eigenvalue weighted by Crippen LogP contribution is -2.34. The monoisotopic (exact) mass is 378 g/mol. The van der Waals surface area contributed by atoms with Gasteiger partial charge in [-0.1, -0.05) is 72.4 Å². The van der Waals surface area contributed by atoms with Crippen LogP contribution >= 0.6 is 11.8 Å². The molecule has 0 aliphatic heterocycles. The summed E-state index contributed by atoms with van der Waals surface area (Å²) in [5.74, 6) is 0.254. The van der Waals surface area contributed by atoms with Gasteiger partial charge in [0.25, 0.3) is 0 Å². The van der Waals surface area contributed by atoms with Crippen molar-refractivity contribution in [1.82, 2.24) is 20.5 Å². The Labute approximate surface area is 163 Å². The highest BCUT2D eigenvalue weighted by Crippen LogP contribution is 2.18. The molecular weight excluding hydrogens is 356 g/mol. The third-order valence-electron chi connectivity index (χ3n) is 4.06. The number of carbonyl (C=O) groups excluding carboxylic acids is 1. The van der Waals surface area contributed by atoms with E-state index >= 15 is 0 Å². The van der Waals surface area contributed by atoms with Crippen molar-refractivity contribution in [2.24, 2.45) is 0 Å². The first-order chi connectivity index (χ1) is 13.2. The molecule has 0 spiro atoms. The van der Waals surface area contributed by atoms with Gasteiger partial charge in [0.05, 0.1) is 17.6 Å². The minimum atomic E-state index is -0.0192. The zero-order valence-corrected chi connectivity index (χ0v) is 16.0. The van der Waals surface area contributed by atoms with E-state index in [0.717, 1.165) is 24.1 Å². The Morgan fingerprint density at radius 2 is 1.78 bits per heavy atom. The van der Waals surface area contributed by atoms with E-state index in [1.165, 1.54) is 17.3 Å². The number of rotatable bonds is 8. The summed E-state index contributed by atoms with van der Waals surface area (Å²) in [5.41, 5.74) is 3.02. The standard InChI is InChI=1S/C21H22N4OS/c1-16(12-13-17-8-4-2-5-9-17)23-20(26)15-27-21-24-19(14-22-25-21)18-10-6-3-7-11-18/h2-11,14,16H,12-13,15H2,1H3,(H,23,26)/t16-/m0/s1. The summed E-state index contributed by atoms with van der Waals surface area (Å²) < 4.78 is 0. The van der Waals surface area contributed by atoms with Crippen molar-refractivity contribution in [1.29, 1.82) is 0 Å². The highest BCUT2D eigenvalue weighted by atomic mass is 32.2. The van der Waals surface area contributed by atoms with Crippen LogP contribution < -0.4 is 5.32 Å². The average Bonchev–Trinajstić information content (AvgIpc) is 2.72. The van der Waals surface area contributed by atoms with Crippen molar-refractivity contribution in [2.75, 3.05) is 5.75 Å². The van der Waals surface area contributed by atoms with Crippen molar-refractivity contribution in [3.63, 3.8) is 0 Å². The van der Waals surface area contributed by atoms with Crippen molar-refractivity contribution in [3.05, 3.63) is 72.4 Å². The molecule has 5 nitrogen and oxygen atoms in total. The SMILES string of the molecule is C[C@@H](CCc1ccccc1)NC(=O)CSc1nncc(-c2ccccc2)n1. The molecule has 1 aromatic heterocycles. The van der Waals surface area contributed by atoms with Gasteiger partial charge >= 0.3 is 0 Å². The molecular formula is C21H22N4OS. The third kappa shape index (κ3) is 6.18. The number of nitrogens with one attached hydrogen (secondary N) is 1. The van der Waals surface area contributed by atoms with Gasteiger partial charge in [-0.25, -0.2) is 4.98 Å². The molecule has 0 bridgehead atoms. The molecule has 0 radical (unpaired) electrons. The maximum atomic E-state index is 12.2. The number of carbonyl (C=O) groups is 1. The van der Waals surface area contributed by atoms with Gasteiger partial charge in [0.2, 0.25) is 11.1 Å². The van der Waals surface area contributed by atoms with Gasteiger partial charge in [0.15, 0.2) is 0 Å². The van der Waals surface area contributed by atoms with E-state index in [-0.39, 0.29) is 17.7 Å². The first kappa shape index (κ1) is 19.0. The maximum Gasteiger partial charge on any atom is 0.230 e. The van der Waals surface area contributed by atoms with Crippen LogP contribution in [0.4, 0.5) is 0 Å². The van der Waals surface area contributed by atoms with Crippen molar-refractivity contribution < 1.29 is 4.79 Å². The number of aromatic nitrogens is 3. The Bertz CT molecular complexity index is 858. The number of benzene rings is 2. The van der Waals surface area contributed by atoms with Crippen molar-refractivity contribution >= 4 is 17.7 Å². The molecule has 0 fully saturated rings.